The quantitative estimate of drug-likeness (QED) is 0.433. The molecule has 0 aliphatic heterocycles. The fourth-order valence-electron chi connectivity index (χ4n) is 4.61. The van der Waals surface area contributed by atoms with Crippen LogP contribution in [0, 0.1) is 0 Å². The minimum absolute atomic E-state index is 0.574. The summed E-state index contributed by atoms with van der Waals surface area (Å²) in [4.78, 5) is 0. The summed E-state index contributed by atoms with van der Waals surface area (Å²) in [5.41, 5.74) is 5.18. The van der Waals surface area contributed by atoms with Gasteiger partial charge in [0, 0.05) is 17.6 Å². The topological polar surface area (TPSA) is 23.4 Å². The summed E-state index contributed by atoms with van der Waals surface area (Å²) in [7, 11) is 1.75. The van der Waals surface area contributed by atoms with Crippen LogP contribution in [0.15, 0.2) is 42.5 Å². The Kier molecular flexibility index (Phi) is 5.93. The maximum atomic E-state index is 6.69. The monoisotopic (exact) mass is 397 g/mol. The maximum absolute atomic E-state index is 6.69. The molecule has 0 bridgehead atoms. The van der Waals surface area contributed by atoms with Gasteiger partial charge in [0.2, 0.25) is 0 Å². The third kappa shape index (κ3) is 3.54. The number of hydrogen-bond donors (Lipinski definition) is 0. The van der Waals surface area contributed by atoms with Crippen molar-refractivity contribution in [1.82, 2.24) is 4.57 Å². The predicted octanol–water partition coefficient (Wildman–Crippen LogP) is 6.35. The first-order chi connectivity index (χ1) is 13.7. The summed E-state index contributed by atoms with van der Waals surface area (Å²) in [5.74, 6) is 1.50. The lowest BCUT2D eigenvalue weighted by Crippen LogP contribution is -2.14. The molecule has 4 rings (SSSR count). The minimum atomic E-state index is 0.574. The molecule has 3 aromatic rings. The van der Waals surface area contributed by atoms with Crippen LogP contribution < -0.4 is 4.74 Å². The summed E-state index contributed by atoms with van der Waals surface area (Å²) < 4.78 is 14.1. The summed E-state index contributed by atoms with van der Waals surface area (Å²) in [6, 6.07) is 14.3. The molecule has 0 amide bonds. The highest BCUT2D eigenvalue weighted by atomic mass is 35.5. The van der Waals surface area contributed by atoms with Crippen LogP contribution in [0.5, 0.6) is 5.75 Å². The lowest BCUT2D eigenvalue weighted by atomic mass is 9.83. The lowest BCUT2D eigenvalue weighted by molar-refractivity contribution is 0.113. The van der Waals surface area contributed by atoms with Crippen molar-refractivity contribution in [2.45, 2.75) is 51.7 Å². The normalized spacial score (nSPS) is 16.3. The molecule has 0 saturated carbocycles. The molecule has 28 heavy (non-hydrogen) atoms. The third-order valence-electron chi connectivity index (χ3n) is 5.92. The smallest absolute Gasteiger partial charge is 0.128 e. The number of aromatic nitrogens is 1. The Morgan fingerprint density at radius 2 is 1.96 bits per heavy atom. The SMILES string of the molecule is CCC1CCCc2c1c1c(OC)ccc(Cl)c1n2CCOCc1ccccc1. The molecule has 2 aromatic carbocycles. The lowest BCUT2D eigenvalue weighted by Gasteiger charge is -2.23. The first-order valence-electron chi connectivity index (χ1n) is 10.2. The molecule has 0 saturated heterocycles. The van der Waals surface area contributed by atoms with Gasteiger partial charge in [-0.05, 0) is 54.9 Å². The van der Waals surface area contributed by atoms with E-state index in [0.717, 1.165) is 35.7 Å². The number of hydrogen-bond acceptors (Lipinski definition) is 2. The van der Waals surface area contributed by atoms with Gasteiger partial charge in [-0.1, -0.05) is 48.9 Å². The molecule has 0 spiro atoms. The molecule has 148 valence electrons. The van der Waals surface area contributed by atoms with Crippen LogP contribution in [0.2, 0.25) is 5.02 Å². The molecular weight excluding hydrogens is 370 g/mol. The summed E-state index contributed by atoms with van der Waals surface area (Å²) in [6.07, 6.45) is 4.71. The van der Waals surface area contributed by atoms with Crippen molar-refractivity contribution >= 4 is 22.5 Å². The summed E-state index contributed by atoms with van der Waals surface area (Å²) in [5, 5.41) is 2.00. The van der Waals surface area contributed by atoms with Gasteiger partial charge in [0.1, 0.15) is 5.75 Å². The molecule has 1 atom stereocenters. The Balaban J connectivity index is 1.67. The van der Waals surface area contributed by atoms with E-state index < -0.39 is 0 Å². The fourth-order valence-corrected chi connectivity index (χ4v) is 4.87. The maximum Gasteiger partial charge on any atom is 0.128 e. The molecule has 1 unspecified atom stereocenters. The van der Waals surface area contributed by atoms with Crippen molar-refractivity contribution in [3.8, 4) is 5.75 Å². The molecular formula is C24H28ClNO2. The van der Waals surface area contributed by atoms with Crippen LogP contribution in [0.25, 0.3) is 10.9 Å². The van der Waals surface area contributed by atoms with Crippen LogP contribution >= 0.6 is 11.6 Å². The Bertz CT molecular complexity index is 948. The van der Waals surface area contributed by atoms with Crippen LogP contribution in [0.3, 0.4) is 0 Å². The second-order valence-electron chi connectivity index (χ2n) is 7.52. The molecule has 1 aliphatic rings. The number of fused-ring (bicyclic) bond motifs is 3. The van der Waals surface area contributed by atoms with E-state index in [9.17, 15) is 0 Å². The predicted molar refractivity (Wildman–Crippen MR) is 116 cm³/mol. The Hall–Kier alpha value is -1.97. The van der Waals surface area contributed by atoms with Crippen LogP contribution in [0.4, 0.5) is 0 Å². The van der Waals surface area contributed by atoms with Crippen molar-refractivity contribution in [2.24, 2.45) is 0 Å². The Morgan fingerprint density at radius 1 is 1.14 bits per heavy atom. The minimum Gasteiger partial charge on any atom is -0.496 e. The molecule has 0 radical (unpaired) electrons. The standard InChI is InChI=1S/C24H28ClNO2/c1-3-18-10-7-11-20-22(18)23-21(27-2)13-12-19(25)24(23)26(20)14-15-28-16-17-8-5-4-6-9-17/h4-6,8-9,12-13,18H,3,7,10-11,14-16H2,1-2H3. The summed E-state index contributed by atoms with van der Waals surface area (Å²) in [6.45, 7) is 4.39. The molecule has 1 heterocycles. The van der Waals surface area contributed by atoms with Crippen molar-refractivity contribution in [3.63, 3.8) is 0 Å². The zero-order chi connectivity index (χ0) is 19.5. The first-order valence-corrected chi connectivity index (χ1v) is 10.6. The van der Waals surface area contributed by atoms with E-state index in [1.807, 2.05) is 30.3 Å². The molecule has 3 nitrogen and oxygen atoms in total. The van der Waals surface area contributed by atoms with Gasteiger partial charge in [-0.3, -0.25) is 0 Å². The van der Waals surface area contributed by atoms with E-state index in [-0.39, 0.29) is 0 Å². The number of nitrogens with zero attached hydrogens (tertiary/aromatic N) is 1. The van der Waals surface area contributed by atoms with Crippen LogP contribution in [-0.4, -0.2) is 18.3 Å². The second-order valence-corrected chi connectivity index (χ2v) is 7.93. The van der Waals surface area contributed by atoms with Crippen molar-refractivity contribution in [3.05, 3.63) is 64.3 Å². The zero-order valence-electron chi connectivity index (χ0n) is 16.7. The van der Waals surface area contributed by atoms with Crippen molar-refractivity contribution in [2.75, 3.05) is 13.7 Å². The Labute approximate surface area is 172 Å². The first kappa shape index (κ1) is 19.4. The fraction of sp³-hybridized carbons (Fsp3) is 0.417. The largest absolute Gasteiger partial charge is 0.496 e. The molecule has 1 aromatic heterocycles. The average molecular weight is 398 g/mol. The highest BCUT2D eigenvalue weighted by Gasteiger charge is 2.29. The number of methoxy groups -OCH3 is 1. The van der Waals surface area contributed by atoms with Crippen LogP contribution in [-0.2, 0) is 24.3 Å². The van der Waals surface area contributed by atoms with E-state index in [4.69, 9.17) is 21.1 Å². The van der Waals surface area contributed by atoms with E-state index in [0.29, 0.717) is 19.1 Å². The average Bonchev–Trinajstić information content (AvgIpc) is 3.08. The van der Waals surface area contributed by atoms with Crippen molar-refractivity contribution in [1.29, 1.82) is 0 Å². The van der Waals surface area contributed by atoms with Gasteiger partial charge in [0.15, 0.2) is 0 Å². The third-order valence-corrected chi connectivity index (χ3v) is 6.23. The summed E-state index contributed by atoms with van der Waals surface area (Å²) >= 11 is 6.69. The van der Waals surface area contributed by atoms with Gasteiger partial charge >= 0.3 is 0 Å². The van der Waals surface area contributed by atoms with Gasteiger partial charge in [0.05, 0.1) is 30.9 Å². The molecule has 0 fully saturated rings. The molecule has 4 heteroatoms. The van der Waals surface area contributed by atoms with E-state index in [1.54, 1.807) is 7.11 Å². The van der Waals surface area contributed by atoms with Crippen molar-refractivity contribution < 1.29 is 9.47 Å². The molecule has 0 N–H and O–H groups in total. The highest BCUT2D eigenvalue weighted by molar-refractivity contribution is 6.35. The van der Waals surface area contributed by atoms with Gasteiger partial charge in [-0.2, -0.15) is 0 Å². The van der Waals surface area contributed by atoms with E-state index in [1.165, 1.54) is 35.0 Å². The molecule has 1 aliphatic carbocycles. The van der Waals surface area contributed by atoms with E-state index >= 15 is 0 Å². The number of rotatable bonds is 7. The second kappa shape index (κ2) is 8.59. The highest BCUT2D eigenvalue weighted by Crippen LogP contribution is 2.46. The number of halogens is 1. The van der Waals surface area contributed by atoms with Gasteiger partial charge in [0.25, 0.3) is 0 Å². The number of benzene rings is 2. The van der Waals surface area contributed by atoms with E-state index in [2.05, 4.69) is 23.6 Å². The van der Waals surface area contributed by atoms with Crippen LogP contribution in [0.1, 0.15) is 48.9 Å². The van der Waals surface area contributed by atoms with Gasteiger partial charge < -0.3 is 14.0 Å². The Morgan fingerprint density at radius 3 is 2.71 bits per heavy atom. The number of ether oxygens (including phenoxy) is 2. The van der Waals surface area contributed by atoms with Gasteiger partial charge in [-0.25, -0.2) is 0 Å². The zero-order valence-corrected chi connectivity index (χ0v) is 17.5. The van der Waals surface area contributed by atoms with Gasteiger partial charge in [-0.15, -0.1) is 0 Å².